The van der Waals surface area contributed by atoms with Crippen molar-refractivity contribution >= 4 is 5.91 Å². The van der Waals surface area contributed by atoms with E-state index in [1.54, 1.807) is 4.90 Å². The van der Waals surface area contributed by atoms with E-state index in [4.69, 9.17) is 4.74 Å². The van der Waals surface area contributed by atoms with Crippen molar-refractivity contribution in [2.45, 2.75) is 24.9 Å². The van der Waals surface area contributed by atoms with E-state index in [0.717, 1.165) is 19.2 Å². The highest BCUT2D eigenvalue weighted by Crippen LogP contribution is 2.30. The molecule has 1 aromatic carbocycles. The van der Waals surface area contributed by atoms with Crippen LogP contribution in [0.5, 0.6) is 5.75 Å². The molecule has 29 heavy (non-hydrogen) atoms. The minimum absolute atomic E-state index is 0.0814. The smallest absolute Gasteiger partial charge is 0.389 e. The summed E-state index contributed by atoms with van der Waals surface area (Å²) in [5, 5.41) is 2.50. The predicted molar refractivity (Wildman–Crippen MR) is 98.1 cm³/mol. The van der Waals surface area contributed by atoms with Gasteiger partial charge < -0.3 is 19.9 Å². The van der Waals surface area contributed by atoms with Crippen LogP contribution in [0.25, 0.3) is 0 Å². The van der Waals surface area contributed by atoms with Crippen LogP contribution in [0.15, 0.2) is 24.3 Å². The van der Waals surface area contributed by atoms with Gasteiger partial charge in [-0.2, -0.15) is 22.0 Å². The number of carbonyl (C=O) groups is 1. The Balaban J connectivity index is 1.80. The zero-order valence-electron chi connectivity index (χ0n) is 16.3. The Labute approximate surface area is 166 Å². The maximum absolute atomic E-state index is 14.4. The average molecular weight is 423 g/mol. The molecule has 1 amide bonds. The molecule has 164 valence electrons. The Hall–Kier alpha value is -1.94. The van der Waals surface area contributed by atoms with Crippen LogP contribution in [0, 0.1) is 0 Å². The third-order valence-electron chi connectivity index (χ3n) is 4.61. The zero-order chi connectivity index (χ0) is 21.5. The van der Waals surface area contributed by atoms with Gasteiger partial charge in [-0.1, -0.05) is 12.1 Å². The molecule has 0 bridgehead atoms. The topological polar surface area (TPSA) is 44.8 Å². The lowest BCUT2D eigenvalue weighted by Gasteiger charge is -2.32. The summed E-state index contributed by atoms with van der Waals surface area (Å²) in [6, 6.07) is 5.10. The first-order chi connectivity index (χ1) is 13.6. The van der Waals surface area contributed by atoms with Gasteiger partial charge in [0.05, 0.1) is 19.7 Å². The number of piperazine rings is 1. The van der Waals surface area contributed by atoms with Gasteiger partial charge >= 0.3 is 6.18 Å². The van der Waals surface area contributed by atoms with E-state index in [2.05, 4.69) is 10.2 Å². The number of likely N-dealkylation sites (N-methyl/N-ethyl adjacent to an activating group) is 1. The molecule has 1 aromatic rings. The summed E-state index contributed by atoms with van der Waals surface area (Å²) in [6.07, 6.45) is -5.51. The van der Waals surface area contributed by atoms with Gasteiger partial charge in [0.1, 0.15) is 5.75 Å². The van der Waals surface area contributed by atoms with Crippen LogP contribution in [0.2, 0.25) is 0 Å². The molecule has 0 radical (unpaired) electrons. The van der Waals surface area contributed by atoms with E-state index in [1.807, 2.05) is 7.05 Å². The van der Waals surface area contributed by atoms with Gasteiger partial charge in [0.2, 0.25) is 5.91 Å². The van der Waals surface area contributed by atoms with Crippen LogP contribution in [-0.4, -0.2) is 74.8 Å². The second-order valence-corrected chi connectivity index (χ2v) is 7.09. The number of nitrogens with one attached hydrogen (secondary N) is 1. The van der Waals surface area contributed by atoms with Crippen LogP contribution >= 0.6 is 0 Å². The van der Waals surface area contributed by atoms with Crippen LogP contribution < -0.4 is 10.1 Å². The van der Waals surface area contributed by atoms with E-state index in [0.29, 0.717) is 13.1 Å². The minimum Gasteiger partial charge on any atom is -0.494 e. The maximum atomic E-state index is 14.4. The van der Waals surface area contributed by atoms with Gasteiger partial charge in [-0.3, -0.25) is 4.79 Å². The molecule has 0 atom stereocenters. The van der Waals surface area contributed by atoms with Crippen LogP contribution in [-0.2, 0) is 10.7 Å². The molecular formula is C19H26F5N3O2. The third kappa shape index (κ3) is 8.14. The SMILES string of the molecule is CN1CCN(C(=O)CNCC(F)(F)c2cccc(OCCCC(F)(F)F)c2)CC1. The van der Waals surface area contributed by atoms with Crippen LogP contribution in [0.4, 0.5) is 22.0 Å². The van der Waals surface area contributed by atoms with Crippen molar-refractivity contribution in [1.29, 1.82) is 0 Å². The van der Waals surface area contributed by atoms with Gasteiger partial charge in [-0.05, 0) is 25.6 Å². The number of alkyl halides is 5. The molecule has 0 aliphatic carbocycles. The molecule has 1 aliphatic heterocycles. The minimum atomic E-state index is -4.27. The second-order valence-electron chi connectivity index (χ2n) is 7.09. The van der Waals surface area contributed by atoms with Crippen molar-refractivity contribution in [3.8, 4) is 5.75 Å². The Morgan fingerprint density at radius 1 is 1.14 bits per heavy atom. The van der Waals surface area contributed by atoms with Crippen molar-refractivity contribution in [3.05, 3.63) is 29.8 Å². The van der Waals surface area contributed by atoms with Gasteiger partial charge in [0.15, 0.2) is 0 Å². The largest absolute Gasteiger partial charge is 0.494 e. The Bertz CT molecular complexity index is 661. The number of hydrogen-bond donors (Lipinski definition) is 1. The van der Waals surface area contributed by atoms with Crippen molar-refractivity contribution < 1.29 is 31.5 Å². The molecule has 1 saturated heterocycles. The van der Waals surface area contributed by atoms with Gasteiger partial charge in [0.25, 0.3) is 5.92 Å². The highest BCUT2D eigenvalue weighted by molar-refractivity contribution is 5.78. The normalized spacial score (nSPS) is 16.1. The van der Waals surface area contributed by atoms with E-state index in [-0.39, 0.29) is 36.8 Å². The summed E-state index contributed by atoms with van der Waals surface area (Å²) in [5.41, 5.74) is -0.328. The fraction of sp³-hybridized carbons (Fsp3) is 0.632. The molecule has 0 unspecified atom stereocenters. The molecule has 5 nitrogen and oxygen atoms in total. The average Bonchev–Trinajstić information content (AvgIpc) is 2.65. The molecule has 10 heteroatoms. The Morgan fingerprint density at radius 2 is 1.83 bits per heavy atom. The summed E-state index contributed by atoms with van der Waals surface area (Å²) in [7, 11) is 1.95. The Morgan fingerprint density at radius 3 is 2.48 bits per heavy atom. The van der Waals surface area contributed by atoms with E-state index in [1.165, 1.54) is 18.2 Å². The van der Waals surface area contributed by atoms with Crippen LogP contribution in [0.3, 0.4) is 0 Å². The van der Waals surface area contributed by atoms with E-state index in [9.17, 15) is 26.7 Å². The number of amides is 1. The molecule has 0 saturated carbocycles. The summed E-state index contributed by atoms with van der Waals surface area (Å²) < 4.78 is 70.4. The molecule has 1 N–H and O–H groups in total. The second kappa shape index (κ2) is 10.2. The molecule has 1 heterocycles. The summed E-state index contributed by atoms with van der Waals surface area (Å²) >= 11 is 0. The number of hydrogen-bond acceptors (Lipinski definition) is 4. The van der Waals surface area contributed by atoms with Crippen molar-refractivity contribution in [1.82, 2.24) is 15.1 Å². The van der Waals surface area contributed by atoms with Gasteiger partial charge in [0, 0.05) is 38.2 Å². The monoisotopic (exact) mass is 423 g/mol. The third-order valence-corrected chi connectivity index (χ3v) is 4.61. The number of nitrogens with zero attached hydrogens (tertiary/aromatic N) is 2. The Kier molecular flexibility index (Phi) is 8.21. The highest BCUT2D eigenvalue weighted by Gasteiger charge is 2.32. The van der Waals surface area contributed by atoms with Crippen LogP contribution in [0.1, 0.15) is 18.4 Å². The predicted octanol–water partition coefficient (Wildman–Crippen LogP) is 2.86. The lowest BCUT2D eigenvalue weighted by atomic mass is 10.1. The highest BCUT2D eigenvalue weighted by atomic mass is 19.4. The zero-order valence-corrected chi connectivity index (χ0v) is 16.3. The lowest BCUT2D eigenvalue weighted by Crippen LogP contribution is -2.50. The van der Waals surface area contributed by atoms with Gasteiger partial charge in [-0.25, -0.2) is 0 Å². The number of halogens is 5. The van der Waals surface area contributed by atoms with Crippen molar-refractivity contribution in [3.63, 3.8) is 0 Å². The van der Waals surface area contributed by atoms with Gasteiger partial charge in [-0.15, -0.1) is 0 Å². The fourth-order valence-corrected chi connectivity index (χ4v) is 2.87. The number of ether oxygens (including phenoxy) is 1. The summed E-state index contributed by atoms with van der Waals surface area (Å²) in [5.74, 6) is -3.40. The first-order valence-corrected chi connectivity index (χ1v) is 9.42. The van der Waals surface area contributed by atoms with Crippen molar-refractivity contribution in [2.75, 3.05) is 52.9 Å². The van der Waals surface area contributed by atoms with E-state index >= 15 is 0 Å². The molecular weight excluding hydrogens is 397 g/mol. The number of rotatable bonds is 9. The molecule has 1 aliphatic rings. The fourth-order valence-electron chi connectivity index (χ4n) is 2.87. The molecule has 2 rings (SSSR count). The summed E-state index contributed by atoms with van der Waals surface area (Å²) in [6.45, 7) is 1.50. The molecule has 1 fully saturated rings. The van der Waals surface area contributed by atoms with E-state index < -0.39 is 25.1 Å². The first-order valence-electron chi connectivity index (χ1n) is 9.42. The van der Waals surface area contributed by atoms with Crippen molar-refractivity contribution in [2.24, 2.45) is 0 Å². The number of benzene rings is 1. The number of carbonyl (C=O) groups excluding carboxylic acids is 1. The first kappa shape index (κ1) is 23.3. The maximum Gasteiger partial charge on any atom is 0.389 e. The standard InChI is InChI=1S/C19H26F5N3O2/c1-26-7-9-27(10-8-26)17(28)13-25-14-18(20,21)15-4-2-5-16(12-15)29-11-3-6-19(22,23)24/h2,4-5,12,25H,3,6-11,13-14H2,1H3. The lowest BCUT2D eigenvalue weighted by molar-refractivity contribution is -0.136. The molecule has 0 spiro atoms. The molecule has 0 aromatic heterocycles. The quantitative estimate of drug-likeness (QED) is 0.490. The summed E-state index contributed by atoms with van der Waals surface area (Å²) in [4.78, 5) is 15.8.